The number of aromatic nitrogens is 1. The van der Waals surface area contributed by atoms with Crippen LogP contribution in [0.4, 0.5) is 5.69 Å². The number of hydrogen-bond acceptors (Lipinski definition) is 4. The van der Waals surface area contributed by atoms with E-state index < -0.39 is 17.8 Å². The highest BCUT2D eigenvalue weighted by Gasteiger charge is 2.34. The highest BCUT2D eigenvalue weighted by Crippen LogP contribution is 2.28. The number of benzene rings is 2. The number of rotatable bonds is 4. The van der Waals surface area contributed by atoms with Crippen molar-refractivity contribution in [1.29, 1.82) is 0 Å². The first-order valence-electron chi connectivity index (χ1n) is 9.87. The van der Waals surface area contributed by atoms with Gasteiger partial charge in [-0.3, -0.25) is 19.8 Å². The quantitative estimate of drug-likeness (QED) is 0.300. The van der Waals surface area contributed by atoms with Gasteiger partial charge in [-0.2, -0.15) is 0 Å². The molecule has 1 aliphatic heterocycles. The van der Waals surface area contributed by atoms with Crippen LogP contribution in [0.25, 0.3) is 11.8 Å². The van der Waals surface area contributed by atoms with Gasteiger partial charge < -0.3 is 9.67 Å². The Bertz CT molecular complexity index is 1380. The van der Waals surface area contributed by atoms with Crippen LogP contribution in [0.1, 0.15) is 27.3 Å². The molecule has 0 aliphatic carbocycles. The van der Waals surface area contributed by atoms with Crippen LogP contribution in [0, 0.1) is 13.8 Å². The predicted octanol–water partition coefficient (Wildman–Crippen LogP) is 4.39. The summed E-state index contributed by atoms with van der Waals surface area (Å²) in [6, 6.07) is 15.5. The minimum atomic E-state index is -1.04. The summed E-state index contributed by atoms with van der Waals surface area (Å²) < 4.78 is 2.55. The summed E-state index contributed by atoms with van der Waals surface area (Å²) in [5, 5.41) is 12.2. The SMILES string of the molecule is Cc1cc(/C=C2\C(=O)NC(=S)N(c3cccc(Br)c3)C2=O)c(C)n1-c1ccccc1C(=O)O. The first kappa shape index (κ1) is 22.6. The van der Waals surface area contributed by atoms with Crippen LogP contribution < -0.4 is 10.2 Å². The van der Waals surface area contributed by atoms with Crippen LogP contribution in [0.15, 0.2) is 64.6 Å². The second-order valence-electron chi connectivity index (χ2n) is 7.42. The van der Waals surface area contributed by atoms with Gasteiger partial charge in [0.05, 0.1) is 16.9 Å². The summed E-state index contributed by atoms with van der Waals surface area (Å²) in [4.78, 5) is 38.9. The summed E-state index contributed by atoms with van der Waals surface area (Å²) in [5.74, 6) is -2.18. The minimum absolute atomic E-state index is 0.00103. The third kappa shape index (κ3) is 4.12. The van der Waals surface area contributed by atoms with Crippen molar-refractivity contribution in [2.45, 2.75) is 13.8 Å². The molecule has 0 saturated carbocycles. The average molecular weight is 524 g/mol. The van der Waals surface area contributed by atoms with Gasteiger partial charge in [0.15, 0.2) is 5.11 Å². The molecule has 1 fully saturated rings. The topological polar surface area (TPSA) is 91.6 Å². The van der Waals surface area contributed by atoms with Gasteiger partial charge >= 0.3 is 5.97 Å². The second kappa shape index (κ2) is 8.76. The number of thiocarbonyl (C=S) groups is 1. The summed E-state index contributed by atoms with van der Waals surface area (Å²) in [7, 11) is 0. The van der Waals surface area contributed by atoms with E-state index in [1.54, 1.807) is 54.0 Å². The van der Waals surface area contributed by atoms with Gasteiger partial charge in [-0.05, 0) is 74.1 Å². The Morgan fingerprint density at radius 3 is 2.52 bits per heavy atom. The smallest absolute Gasteiger partial charge is 0.337 e. The lowest BCUT2D eigenvalue weighted by Crippen LogP contribution is -2.54. The molecule has 2 heterocycles. The van der Waals surface area contributed by atoms with Gasteiger partial charge in [-0.15, -0.1) is 0 Å². The van der Waals surface area contributed by atoms with Crippen LogP contribution in [0.5, 0.6) is 0 Å². The molecule has 2 N–H and O–H groups in total. The number of carbonyl (C=O) groups is 3. The van der Waals surface area contributed by atoms with Crippen molar-refractivity contribution < 1.29 is 19.5 Å². The van der Waals surface area contributed by atoms with Crippen molar-refractivity contribution in [3.8, 4) is 5.69 Å². The number of aryl methyl sites for hydroxylation is 1. The molecule has 2 aromatic carbocycles. The zero-order valence-corrected chi connectivity index (χ0v) is 20.0. The molecular formula is C24H18BrN3O4S. The number of nitrogens with one attached hydrogen (secondary N) is 1. The highest BCUT2D eigenvalue weighted by molar-refractivity contribution is 9.10. The van der Waals surface area contributed by atoms with Gasteiger partial charge in [0.1, 0.15) is 5.57 Å². The second-order valence-corrected chi connectivity index (χ2v) is 8.72. The number of amides is 2. The monoisotopic (exact) mass is 523 g/mol. The first-order valence-corrected chi connectivity index (χ1v) is 11.1. The van der Waals surface area contributed by atoms with E-state index in [0.29, 0.717) is 22.6 Å². The van der Waals surface area contributed by atoms with Crippen LogP contribution >= 0.6 is 28.1 Å². The molecule has 0 unspecified atom stereocenters. The maximum atomic E-state index is 13.3. The molecule has 0 atom stereocenters. The van der Waals surface area contributed by atoms with E-state index in [-0.39, 0.29) is 16.2 Å². The molecule has 1 aliphatic rings. The summed E-state index contributed by atoms with van der Waals surface area (Å²) in [6.45, 7) is 3.64. The van der Waals surface area contributed by atoms with Crippen molar-refractivity contribution in [2.24, 2.45) is 0 Å². The van der Waals surface area contributed by atoms with Crippen molar-refractivity contribution in [3.63, 3.8) is 0 Å². The number of aromatic carboxylic acids is 1. The van der Waals surface area contributed by atoms with E-state index in [1.165, 1.54) is 17.0 Å². The first-order chi connectivity index (χ1) is 15.7. The fraction of sp³-hybridized carbons (Fsp3) is 0.0833. The Labute approximate surface area is 203 Å². The van der Waals surface area contributed by atoms with Crippen molar-refractivity contribution in [1.82, 2.24) is 9.88 Å². The van der Waals surface area contributed by atoms with Gasteiger partial charge in [0.25, 0.3) is 11.8 Å². The van der Waals surface area contributed by atoms with Crippen LogP contribution in [0.3, 0.4) is 0 Å². The fourth-order valence-electron chi connectivity index (χ4n) is 3.82. The van der Waals surface area contributed by atoms with Crippen molar-refractivity contribution in [3.05, 3.63) is 87.2 Å². The molecule has 7 nitrogen and oxygen atoms in total. The number of carboxylic acid groups (broad SMARTS) is 1. The zero-order valence-electron chi connectivity index (χ0n) is 17.6. The Balaban J connectivity index is 1.80. The van der Waals surface area contributed by atoms with E-state index >= 15 is 0 Å². The largest absolute Gasteiger partial charge is 0.478 e. The third-order valence-electron chi connectivity index (χ3n) is 5.31. The maximum absolute atomic E-state index is 13.3. The number of carbonyl (C=O) groups excluding carboxylic acids is 2. The number of halogens is 1. The normalized spacial score (nSPS) is 15.2. The predicted molar refractivity (Wildman–Crippen MR) is 133 cm³/mol. The molecule has 0 spiro atoms. The Kier molecular flexibility index (Phi) is 6.01. The van der Waals surface area contributed by atoms with E-state index in [2.05, 4.69) is 21.2 Å². The number of para-hydroxylation sites is 1. The summed E-state index contributed by atoms with van der Waals surface area (Å²) in [5.41, 5.74) is 3.17. The van der Waals surface area contributed by atoms with Crippen LogP contribution in [-0.2, 0) is 9.59 Å². The Hall–Kier alpha value is -3.56. The lowest BCUT2D eigenvalue weighted by atomic mass is 10.1. The molecule has 0 radical (unpaired) electrons. The lowest BCUT2D eigenvalue weighted by molar-refractivity contribution is -0.122. The van der Waals surface area contributed by atoms with E-state index in [9.17, 15) is 19.5 Å². The fourth-order valence-corrected chi connectivity index (χ4v) is 4.48. The number of nitrogens with zero attached hydrogens (tertiary/aromatic N) is 2. The van der Waals surface area contributed by atoms with E-state index in [1.807, 2.05) is 13.0 Å². The molecule has 2 amide bonds. The van der Waals surface area contributed by atoms with Crippen molar-refractivity contribution in [2.75, 3.05) is 4.90 Å². The molecule has 3 aromatic rings. The molecule has 166 valence electrons. The van der Waals surface area contributed by atoms with Crippen molar-refractivity contribution >= 4 is 62.8 Å². The molecule has 9 heteroatoms. The van der Waals surface area contributed by atoms with Gasteiger partial charge in [0, 0.05) is 15.9 Å². The third-order valence-corrected chi connectivity index (χ3v) is 6.09. The minimum Gasteiger partial charge on any atom is -0.478 e. The van der Waals surface area contributed by atoms with Gasteiger partial charge in [-0.25, -0.2) is 4.79 Å². The Morgan fingerprint density at radius 2 is 1.82 bits per heavy atom. The standard InChI is InChI=1S/C24H18BrN3O4S/c1-13-10-15(14(2)27(13)20-9-4-3-8-18(20)23(31)32)11-19-21(29)26-24(33)28(22(19)30)17-7-5-6-16(25)12-17/h3-12H,1-2H3,(H,31,32)(H,26,29,33)/b19-11+. The number of hydrogen-bond donors (Lipinski definition) is 2. The maximum Gasteiger partial charge on any atom is 0.337 e. The Morgan fingerprint density at radius 1 is 1.09 bits per heavy atom. The highest BCUT2D eigenvalue weighted by atomic mass is 79.9. The molecule has 0 bridgehead atoms. The molecule has 1 aromatic heterocycles. The number of anilines is 1. The van der Waals surface area contributed by atoms with E-state index in [4.69, 9.17) is 12.2 Å². The molecule has 33 heavy (non-hydrogen) atoms. The van der Waals surface area contributed by atoms with Gasteiger partial charge in [0.2, 0.25) is 0 Å². The summed E-state index contributed by atoms with van der Waals surface area (Å²) >= 11 is 8.63. The average Bonchev–Trinajstić information content (AvgIpc) is 3.03. The van der Waals surface area contributed by atoms with Crippen LogP contribution in [0.2, 0.25) is 0 Å². The van der Waals surface area contributed by atoms with Crippen LogP contribution in [-0.4, -0.2) is 32.6 Å². The molecule has 1 saturated heterocycles. The molecule has 4 rings (SSSR count). The zero-order chi connectivity index (χ0) is 23.9. The summed E-state index contributed by atoms with van der Waals surface area (Å²) in [6.07, 6.45) is 1.51. The van der Waals surface area contributed by atoms with E-state index in [0.717, 1.165) is 10.2 Å². The lowest BCUT2D eigenvalue weighted by Gasteiger charge is -2.29. The molecular weight excluding hydrogens is 506 g/mol. The van der Waals surface area contributed by atoms with Gasteiger partial charge in [-0.1, -0.05) is 34.1 Å². The number of carboxylic acids is 1.